The number of rotatable bonds is 3. The Kier molecular flexibility index (Phi) is 4.60. The Morgan fingerprint density at radius 1 is 0.464 bits per heavy atom. The molecule has 0 amide bonds. The molecule has 0 aromatic heterocycles. The van der Waals surface area contributed by atoms with Gasteiger partial charge in [-0.05, 0) is 32.7 Å². The van der Waals surface area contributed by atoms with Gasteiger partial charge in [0.05, 0.1) is 16.1 Å². The minimum atomic E-state index is -1.42. The summed E-state index contributed by atoms with van der Waals surface area (Å²) in [6, 6.07) is 27.6. The average molecular weight is 399 g/mol. The van der Waals surface area contributed by atoms with Crippen LogP contribution in [0.1, 0.15) is 0 Å². The second kappa shape index (κ2) is 6.72. The lowest BCUT2D eigenvalue weighted by molar-refractivity contribution is 1.66. The lowest BCUT2D eigenvalue weighted by Gasteiger charge is -2.23. The Balaban J connectivity index is 2.14. The monoisotopic (exact) mass is 398 g/mol. The SMILES string of the molecule is C[Si](C)(C)c1cc(-c2cc([Si](C)(C)C)cc3ccccc23)c2ccccc2c1. The molecule has 0 saturated carbocycles. The van der Waals surface area contributed by atoms with E-state index in [-0.39, 0.29) is 0 Å². The normalized spacial score (nSPS) is 12.6. The van der Waals surface area contributed by atoms with Crippen LogP contribution in [-0.4, -0.2) is 16.1 Å². The predicted molar refractivity (Wildman–Crippen MR) is 133 cm³/mol. The van der Waals surface area contributed by atoms with Crippen molar-refractivity contribution in [2.24, 2.45) is 0 Å². The summed E-state index contributed by atoms with van der Waals surface area (Å²) in [4.78, 5) is 0. The Bertz CT molecular complexity index is 1080. The van der Waals surface area contributed by atoms with Crippen LogP contribution in [0.5, 0.6) is 0 Å². The topological polar surface area (TPSA) is 0 Å². The lowest BCUT2D eigenvalue weighted by atomic mass is 9.94. The quantitative estimate of drug-likeness (QED) is 0.335. The van der Waals surface area contributed by atoms with E-state index in [1.165, 1.54) is 43.0 Å². The molecule has 0 N–H and O–H groups in total. The van der Waals surface area contributed by atoms with Crippen LogP contribution >= 0.6 is 0 Å². The van der Waals surface area contributed by atoms with Crippen molar-refractivity contribution in [3.63, 3.8) is 0 Å². The van der Waals surface area contributed by atoms with Crippen molar-refractivity contribution >= 4 is 48.1 Å². The van der Waals surface area contributed by atoms with Crippen LogP contribution in [0.15, 0.2) is 72.8 Å². The third kappa shape index (κ3) is 3.47. The van der Waals surface area contributed by atoms with Crippen LogP contribution < -0.4 is 10.4 Å². The second-order valence-corrected chi connectivity index (χ2v) is 20.1. The molecular formula is C26H30Si2. The maximum atomic E-state index is 2.49. The summed E-state index contributed by atoms with van der Waals surface area (Å²) in [5, 5.41) is 8.51. The van der Waals surface area contributed by atoms with Gasteiger partial charge in [0.1, 0.15) is 0 Å². The van der Waals surface area contributed by atoms with Gasteiger partial charge in [-0.15, -0.1) is 0 Å². The van der Waals surface area contributed by atoms with E-state index in [9.17, 15) is 0 Å². The number of hydrogen-bond acceptors (Lipinski definition) is 0. The number of fused-ring (bicyclic) bond motifs is 2. The molecule has 0 aliphatic carbocycles. The first kappa shape index (κ1) is 19.2. The highest BCUT2D eigenvalue weighted by Crippen LogP contribution is 2.34. The summed E-state index contributed by atoms with van der Waals surface area (Å²) in [6.45, 7) is 14.7. The van der Waals surface area contributed by atoms with Crippen molar-refractivity contribution in [1.82, 2.24) is 0 Å². The van der Waals surface area contributed by atoms with Gasteiger partial charge in [0, 0.05) is 0 Å². The highest BCUT2D eigenvalue weighted by atomic mass is 28.3. The van der Waals surface area contributed by atoms with Gasteiger partial charge < -0.3 is 0 Å². The minimum Gasteiger partial charge on any atom is -0.0656 e. The van der Waals surface area contributed by atoms with Crippen LogP contribution in [0.25, 0.3) is 32.7 Å². The van der Waals surface area contributed by atoms with Gasteiger partial charge in [-0.3, -0.25) is 0 Å². The van der Waals surface area contributed by atoms with Crippen LogP contribution in [0.3, 0.4) is 0 Å². The van der Waals surface area contributed by atoms with Gasteiger partial charge in [-0.2, -0.15) is 0 Å². The molecule has 142 valence electrons. The summed E-state index contributed by atoms with van der Waals surface area (Å²) in [7, 11) is -2.85. The van der Waals surface area contributed by atoms with Gasteiger partial charge in [0.15, 0.2) is 0 Å². The smallest absolute Gasteiger partial charge is 0.0656 e. The molecule has 0 fully saturated rings. The standard InChI is InChI=1S/C26H30Si2/c1-27(2,3)21-15-19-11-7-9-13-23(19)25(17-21)26-18-22(28(4,5)6)16-20-12-8-10-14-24(20)26/h7-18H,1-6H3. The van der Waals surface area contributed by atoms with E-state index in [1.807, 2.05) is 0 Å². The molecule has 0 spiro atoms. The third-order valence-corrected chi connectivity index (χ3v) is 9.79. The molecule has 0 bridgehead atoms. The molecule has 4 rings (SSSR count). The molecule has 0 saturated heterocycles. The molecule has 4 aromatic rings. The molecule has 2 heteroatoms. The molecule has 0 atom stereocenters. The van der Waals surface area contributed by atoms with Gasteiger partial charge >= 0.3 is 0 Å². The van der Waals surface area contributed by atoms with Crippen molar-refractivity contribution in [3.8, 4) is 11.1 Å². The first-order valence-corrected chi connectivity index (χ1v) is 17.2. The van der Waals surface area contributed by atoms with E-state index in [0.29, 0.717) is 0 Å². The third-order valence-electron chi connectivity index (χ3n) is 5.75. The van der Waals surface area contributed by atoms with Crippen molar-refractivity contribution < 1.29 is 0 Å². The van der Waals surface area contributed by atoms with Crippen LogP contribution in [0, 0.1) is 0 Å². The van der Waals surface area contributed by atoms with Crippen molar-refractivity contribution in [2.75, 3.05) is 0 Å². The van der Waals surface area contributed by atoms with Gasteiger partial charge in [-0.25, -0.2) is 0 Å². The zero-order chi connectivity index (χ0) is 20.1. The highest BCUT2D eigenvalue weighted by Gasteiger charge is 2.22. The Labute approximate surface area is 171 Å². The Morgan fingerprint density at radius 3 is 1.18 bits per heavy atom. The molecule has 0 nitrogen and oxygen atoms in total. The van der Waals surface area contributed by atoms with Crippen molar-refractivity contribution in [1.29, 1.82) is 0 Å². The maximum Gasteiger partial charge on any atom is 0.0776 e. The van der Waals surface area contributed by atoms with Gasteiger partial charge in [-0.1, -0.05) is 122 Å². The molecule has 0 radical (unpaired) electrons. The molecule has 0 aliphatic rings. The largest absolute Gasteiger partial charge is 0.0776 e. The van der Waals surface area contributed by atoms with Crippen molar-refractivity contribution in [2.45, 2.75) is 39.3 Å². The Hall–Kier alpha value is -2.17. The first-order valence-electron chi connectivity index (χ1n) is 10.2. The zero-order valence-corrected chi connectivity index (χ0v) is 19.9. The predicted octanol–water partition coefficient (Wildman–Crippen LogP) is 6.75. The zero-order valence-electron chi connectivity index (χ0n) is 17.9. The number of hydrogen-bond donors (Lipinski definition) is 0. The average Bonchev–Trinajstić information content (AvgIpc) is 2.65. The van der Waals surface area contributed by atoms with E-state index in [2.05, 4.69) is 112 Å². The van der Waals surface area contributed by atoms with E-state index in [4.69, 9.17) is 0 Å². The molecule has 0 unspecified atom stereocenters. The highest BCUT2D eigenvalue weighted by molar-refractivity contribution is 6.89. The maximum absolute atomic E-state index is 2.49. The lowest BCUT2D eigenvalue weighted by Crippen LogP contribution is -2.38. The molecule has 0 aliphatic heterocycles. The fourth-order valence-electron chi connectivity index (χ4n) is 3.93. The van der Waals surface area contributed by atoms with Gasteiger partial charge in [0.25, 0.3) is 0 Å². The fourth-order valence-corrected chi connectivity index (χ4v) is 6.26. The Morgan fingerprint density at radius 2 is 0.821 bits per heavy atom. The van der Waals surface area contributed by atoms with E-state index < -0.39 is 16.1 Å². The summed E-state index contributed by atoms with van der Waals surface area (Å²) in [5.74, 6) is 0. The van der Waals surface area contributed by atoms with Crippen LogP contribution in [-0.2, 0) is 0 Å². The van der Waals surface area contributed by atoms with E-state index >= 15 is 0 Å². The molecule has 4 aromatic carbocycles. The van der Waals surface area contributed by atoms with E-state index in [0.717, 1.165) is 0 Å². The fraction of sp³-hybridized carbons (Fsp3) is 0.231. The summed E-state index contributed by atoms with van der Waals surface area (Å²) in [5.41, 5.74) is 2.79. The second-order valence-electron chi connectivity index (χ2n) is 9.99. The minimum absolute atomic E-state index is 1.36. The summed E-state index contributed by atoms with van der Waals surface area (Å²) < 4.78 is 0. The van der Waals surface area contributed by atoms with Crippen LogP contribution in [0.4, 0.5) is 0 Å². The number of benzene rings is 4. The van der Waals surface area contributed by atoms with E-state index in [1.54, 1.807) is 0 Å². The van der Waals surface area contributed by atoms with Crippen LogP contribution in [0.2, 0.25) is 39.3 Å². The van der Waals surface area contributed by atoms with Crippen molar-refractivity contribution in [3.05, 3.63) is 72.8 Å². The van der Waals surface area contributed by atoms with Gasteiger partial charge in [0.2, 0.25) is 0 Å². The molecule has 28 heavy (non-hydrogen) atoms. The first-order chi connectivity index (χ1) is 13.1. The summed E-state index contributed by atoms with van der Waals surface area (Å²) >= 11 is 0. The summed E-state index contributed by atoms with van der Waals surface area (Å²) in [6.07, 6.45) is 0. The molecular weight excluding hydrogens is 368 g/mol. The molecule has 0 heterocycles.